The van der Waals surface area contributed by atoms with Crippen molar-refractivity contribution in [2.24, 2.45) is 0 Å². The van der Waals surface area contributed by atoms with Crippen molar-refractivity contribution in [3.63, 3.8) is 0 Å². The molecule has 0 aliphatic rings. The Morgan fingerprint density at radius 2 is 2.00 bits per heavy atom. The fourth-order valence-electron chi connectivity index (χ4n) is 1.87. The summed E-state index contributed by atoms with van der Waals surface area (Å²) in [7, 11) is 0. The number of nitrogens with zero attached hydrogens (tertiary/aromatic N) is 1. The Morgan fingerprint density at radius 3 is 2.81 bits per heavy atom. The minimum absolute atomic E-state index is 0.317. The fraction of sp³-hybridized carbons (Fsp3) is 0. The number of carbonyl (C=O) groups is 1. The van der Waals surface area contributed by atoms with Crippen LogP contribution in [0, 0.1) is 5.82 Å². The number of benzene rings is 2. The highest BCUT2D eigenvalue weighted by molar-refractivity contribution is 5.89. The first-order chi connectivity index (χ1) is 10.2. The number of fused-ring (bicyclic) bond motifs is 1. The fourth-order valence-corrected chi connectivity index (χ4v) is 1.87. The number of aromatic amines is 1. The van der Waals surface area contributed by atoms with Crippen LogP contribution < -0.4 is 4.74 Å². The third-order valence-electron chi connectivity index (χ3n) is 2.89. The van der Waals surface area contributed by atoms with Gasteiger partial charge >= 0.3 is 5.97 Å². The van der Waals surface area contributed by atoms with Gasteiger partial charge in [-0.3, -0.25) is 0 Å². The number of ether oxygens (including phenoxy) is 1. The molecule has 2 aromatic carbocycles. The first-order valence-electron chi connectivity index (χ1n) is 6.29. The Bertz CT molecular complexity index is 807. The number of hydrogen-bond donors (Lipinski definition) is 1. The number of aromatic nitrogens is 2. The van der Waals surface area contributed by atoms with Crippen LogP contribution in [-0.4, -0.2) is 15.9 Å². The normalized spacial score (nSPS) is 11.1. The second-order valence-electron chi connectivity index (χ2n) is 4.39. The summed E-state index contributed by atoms with van der Waals surface area (Å²) in [5, 5.41) is 0. The number of esters is 1. The Labute approximate surface area is 119 Å². The van der Waals surface area contributed by atoms with Gasteiger partial charge in [0.25, 0.3) is 0 Å². The monoisotopic (exact) mass is 282 g/mol. The van der Waals surface area contributed by atoms with Gasteiger partial charge in [0, 0.05) is 12.1 Å². The van der Waals surface area contributed by atoms with Crippen LogP contribution in [0.2, 0.25) is 0 Å². The molecular weight excluding hydrogens is 271 g/mol. The lowest BCUT2D eigenvalue weighted by molar-refractivity contribution is -0.128. The van der Waals surface area contributed by atoms with E-state index in [1.54, 1.807) is 42.7 Å². The van der Waals surface area contributed by atoms with Crippen molar-refractivity contribution in [3.8, 4) is 5.75 Å². The second-order valence-corrected chi connectivity index (χ2v) is 4.39. The summed E-state index contributed by atoms with van der Waals surface area (Å²) in [6.07, 6.45) is 4.44. The van der Waals surface area contributed by atoms with E-state index in [0.29, 0.717) is 5.75 Å². The van der Waals surface area contributed by atoms with E-state index in [9.17, 15) is 9.18 Å². The lowest BCUT2D eigenvalue weighted by atomic mass is 10.2. The van der Waals surface area contributed by atoms with Gasteiger partial charge in [-0.1, -0.05) is 12.1 Å². The van der Waals surface area contributed by atoms with Gasteiger partial charge < -0.3 is 9.72 Å². The predicted octanol–water partition coefficient (Wildman–Crippen LogP) is 3.32. The van der Waals surface area contributed by atoms with Crippen molar-refractivity contribution in [2.45, 2.75) is 0 Å². The highest BCUT2D eigenvalue weighted by Crippen LogP contribution is 2.18. The van der Waals surface area contributed by atoms with E-state index in [-0.39, 0.29) is 5.82 Å². The van der Waals surface area contributed by atoms with Crippen molar-refractivity contribution in [3.05, 3.63) is 66.2 Å². The van der Waals surface area contributed by atoms with Gasteiger partial charge in [-0.05, 0) is 35.9 Å². The van der Waals surface area contributed by atoms with Gasteiger partial charge in [0.05, 0.1) is 17.4 Å². The van der Waals surface area contributed by atoms with Crippen LogP contribution in [0.5, 0.6) is 5.75 Å². The Hall–Kier alpha value is -2.95. The summed E-state index contributed by atoms with van der Waals surface area (Å²) in [6.45, 7) is 0. The van der Waals surface area contributed by atoms with Crippen LogP contribution in [0.25, 0.3) is 17.1 Å². The van der Waals surface area contributed by atoms with E-state index in [1.165, 1.54) is 18.2 Å². The van der Waals surface area contributed by atoms with Crippen molar-refractivity contribution < 1.29 is 13.9 Å². The summed E-state index contributed by atoms with van der Waals surface area (Å²) in [5.41, 5.74) is 2.32. The molecule has 21 heavy (non-hydrogen) atoms. The average molecular weight is 282 g/mol. The van der Waals surface area contributed by atoms with Gasteiger partial charge in [-0.15, -0.1) is 0 Å². The molecular formula is C16H11FN2O2. The molecule has 104 valence electrons. The van der Waals surface area contributed by atoms with E-state index in [0.717, 1.165) is 16.6 Å². The predicted molar refractivity (Wildman–Crippen MR) is 77.2 cm³/mol. The maximum atomic E-state index is 12.8. The number of nitrogens with one attached hydrogen (secondary N) is 1. The standard InChI is InChI=1S/C16H11FN2O2/c17-12-4-1-11(2-5-12)3-8-16(20)21-13-6-7-14-15(9-13)19-10-18-14/h1-10H,(H,18,19)/b8-3+. The number of hydrogen-bond acceptors (Lipinski definition) is 3. The Morgan fingerprint density at radius 1 is 1.19 bits per heavy atom. The summed E-state index contributed by atoms with van der Waals surface area (Å²) >= 11 is 0. The van der Waals surface area contributed by atoms with Gasteiger partial charge in [-0.2, -0.15) is 0 Å². The van der Waals surface area contributed by atoms with Gasteiger partial charge in [0.1, 0.15) is 11.6 Å². The highest BCUT2D eigenvalue weighted by atomic mass is 19.1. The van der Waals surface area contributed by atoms with Crippen molar-refractivity contribution in [1.82, 2.24) is 9.97 Å². The number of carbonyl (C=O) groups excluding carboxylic acids is 1. The Balaban J connectivity index is 1.69. The first-order valence-corrected chi connectivity index (χ1v) is 6.29. The molecule has 0 spiro atoms. The third kappa shape index (κ3) is 3.14. The van der Waals surface area contributed by atoms with Crippen LogP contribution in [0.4, 0.5) is 4.39 Å². The largest absolute Gasteiger partial charge is 0.423 e. The number of rotatable bonds is 3. The maximum Gasteiger partial charge on any atom is 0.336 e. The number of halogens is 1. The molecule has 5 heteroatoms. The minimum Gasteiger partial charge on any atom is -0.423 e. The molecule has 4 nitrogen and oxygen atoms in total. The number of H-pyrrole nitrogens is 1. The lowest BCUT2D eigenvalue weighted by Gasteiger charge is -2.00. The molecule has 0 bridgehead atoms. The van der Waals surface area contributed by atoms with Crippen LogP contribution in [-0.2, 0) is 4.79 Å². The van der Waals surface area contributed by atoms with E-state index >= 15 is 0 Å². The quantitative estimate of drug-likeness (QED) is 0.455. The summed E-state index contributed by atoms with van der Waals surface area (Å²) in [5.74, 6) is -0.388. The highest BCUT2D eigenvalue weighted by Gasteiger charge is 2.03. The van der Waals surface area contributed by atoms with Crippen LogP contribution in [0.15, 0.2) is 54.9 Å². The third-order valence-corrected chi connectivity index (χ3v) is 2.89. The van der Waals surface area contributed by atoms with Gasteiger partial charge in [-0.25, -0.2) is 14.2 Å². The summed E-state index contributed by atoms with van der Waals surface area (Å²) in [4.78, 5) is 18.7. The number of imidazole rings is 1. The zero-order valence-corrected chi connectivity index (χ0v) is 10.9. The first kappa shape index (κ1) is 13.1. The molecule has 0 aliphatic heterocycles. The molecule has 0 unspecified atom stereocenters. The van der Waals surface area contributed by atoms with E-state index < -0.39 is 5.97 Å². The van der Waals surface area contributed by atoms with Crippen LogP contribution >= 0.6 is 0 Å². The molecule has 1 heterocycles. The minimum atomic E-state index is -0.502. The van der Waals surface area contributed by atoms with Crippen molar-refractivity contribution >= 4 is 23.1 Å². The molecule has 1 N–H and O–H groups in total. The second kappa shape index (κ2) is 5.58. The molecule has 0 saturated carbocycles. The molecule has 1 aromatic heterocycles. The molecule has 3 rings (SSSR count). The van der Waals surface area contributed by atoms with E-state index in [2.05, 4.69) is 9.97 Å². The molecule has 0 atom stereocenters. The van der Waals surface area contributed by atoms with Crippen LogP contribution in [0.1, 0.15) is 5.56 Å². The van der Waals surface area contributed by atoms with E-state index in [4.69, 9.17) is 4.74 Å². The summed E-state index contributed by atoms with van der Waals surface area (Å²) < 4.78 is 17.9. The molecule has 3 aromatic rings. The molecule has 0 fully saturated rings. The van der Waals surface area contributed by atoms with Crippen LogP contribution in [0.3, 0.4) is 0 Å². The maximum absolute atomic E-state index is 12.8. The van der Waals surface area contributed by atoms with Gasteiger partial charge in [0.2, 0.25) is 0 Å². The zero-order chi connectivity index (χ0) is 14.7. The van der Waals surface area contributed by atoms with Crippen molar-refractivity contribution in [2.75, 3.05) is 0 Å². The zero-order valence-electron chi connectivity index (χ0n) is 10.9. The SMILES string of the molecule is O=C(/C=C/c1ccc(F)cc1)Oc1ccc2nc[nH]c2c1. The molecule has 0 amide bonds. The molecule has 0 saturated heterocycles. The topological polar surface area (TPSA) is 55.0 Å². The van der Waals surface area contributed by atoms with Crippen molar-refractivity contribution in [1.29, 1.82) is 0 Å². The smallest absolute Gasteiger partial charge is 0.336 e. The average Bonchev–Trinajstić information content (AvgIpc) is 2.94. The molecule has 0 radical (unpaired) electrons. The van der Waals surface area contributed by atoms with Gasteiger partial charge in [0.15, 0.2) is 0 Å². The van der Waals surface area contributed by atoms with E-state index in [1.807, 2.05) is 0 Å². The lowest BCUT2D eigenvalue weighted by Crippen LogP contribution is -2.03. The molecule has 0 aliphatic carbocycles. The Kier molecular flexibility index (Phi) is 3.47. The summed E-state index contributed by atoms with van der Waals surface area (Å²) in [6, 6.07) is 11.0.